The zero-order valence-corrected chi connectivity index (χ0v) is 9.00. The summed E-state index contributed by atoms with van der Waals surface area (Å²) < 4.78 is 36.0. The number of alkyl halides is 2. The summed E-state index contributed by atoms with van der Waals surface area (Å²) in [5.41, 5.74) is -0.410. The van der Waals surface area contributed by atoms with Gasteiger partial charge in [0.15, 0.2) is 0 Å². The molecule has 0 saturated carbocycles. The van der Waals surface area contributed by atoms with E-state index in [1.165, 1.54) is 26.2 Å². The van der Waals surface area contributed by atoms with E-state index in [4.69, 9.17) is 4.74 Å². The van der Waals surface area contributed by atoms with E-state index in [9.17, 15) is 13.6 Å². The number of halogens is 2. The summed E-state index contributed by atoms with van der Waals surface area (Å²) in [6.45, 7) is 1.40. The van der Waals surface area contributed by atoms with Crippen LogP contribution >= 0.6 is 0 Å². The molecule has 1 rings (SSSR count). The first-order chi connectivity index (χ1) is 7.52. The highest BCUT2D eigenvalue weighted by Gasteiger charge is 2.42. The Kier molecular flexibility index (Phi) is 3.82. The van der Waals surface area contributed by atoms with E-state index in [0.717, 1.165) is 12.1 Å². The lowest BCUT2D eigenvalue weighted by Crippen LogP contribution is -2.28. The minimum atomic E-state index is -3.62. The molecule has 0 aliphatic rings. The van der Waals surface area contributed by atoms with E-state index >= 15 is 0 Å². The van der Waals surface area contributed by atoms with Gasteiger partial charge >= 0.3 is 11.9 Å². The van der Waals surface area contributed by atoms with Crippen LogP contribution < -0.4 is 4.74 Å². The molecule has 0 N–H and O–H groups in total. The SMILES string of the molecule is CCOC(=O)C(F)(F)c1ccc(OC)cc1. The third-order valence-electron chi connectivity index (χ3n) is 1.98. The van der Waals surface area contributed by atoms with Crippen molar-refractivity contribution in [2.24, 2.45) is 0 Å². The van der Waals surface area contributed by atoms with Crippen molar-refractivity contribution in [3.63, 3.8) is 0 Å². The molecule has 1 aromatic carbocycles. The Bertz CT molecular complexity index is 360. The van der Waals surface area contributed by atoms with Crippen LogP contribution in [0.15, 0.2) is 24.3 Å². The fourth-order valence-corrected chi connectivity index (χ4v) is 1.14. The number of rotatable bonds is 4. The zero-order chi connectivity index (χ0) is 12.2. The molecule has 0 unspecified atom stereocenters. The summed E-state index contributed by atoms with van der Waals surface area (Å²) in [6.07, 6.45) is 0. The summed E-state index contributed by atoms with van der Waals surface area (Å²) >= 11 is 0. The Balaban J connectivity index is 2.93. The number of hydrogen-bond acceptors (Lipinski definition) is 3. The van der Waals surface area contributed by atoms with Crippen LogP contribution in [0.1, 0.15) is 12.5 Å². The Morgan fingerprint density at radius 2 is 1.88 bits per heavy atom. The van der Waals surface area contributed by atoms with Crippen molar-refractivity contribution in [1.29, 1.82) is 0 Å². The van der Waals surface area contributed by atoms with Gasteiger partial charge in [-0.25, -0.2) is 4.79 Å². The van der Waals surface area contributed by atoms with Crippen molar-refractivity contribution in [3.05, 3.63) is 29.8 Å². The predicted octanol–water partition coefficient (Wildman–Crippen LogP) is 2.35. The smallest absolute Gasteiger partial charge is 0.381 e. The van der Waals surface area contributed by atoms with Crippen molar-refractivity contribution in [2.75, 3.05) is 13.7 Å². The molecule has 0 saturated heterocycles. The van der Waals surface area contributed by atoms with Crippen LogP contribution in [0.2, 0.25) is 0 Å². The summed E-state index contributed by atoms with van der Waals surface area (Å²) in [4.78, 5) is 11.0. The molecule has 0 bridgehead atoms. The van der Waals surface area contributed by atoms with Crippen LogP contribution in [0.25, 0.3) is 0 Å². The molecular weight excluding hydrogens is 218 g/mol. The van der Waals surface area contributed by atoms with Gasteiger partial charge in [-0.2, -0.15) is 8.78 Å². The average molecular weight is 230 g/mol. The highest BCUT2D eigenvalue weighted by molar-refractivity contribution is 5.79. The van der Waals surface area contributed by atoms with Crippen LogP contribution in [-0.2, 0) is 15.5 Å². The van der Waals surface area contributed by atoms with Gasteiger partial charge in [0.25, 0.3) is 0 Å². The Morgan fingerprint density at radius 3 is 2.31 bits per heavy atom. The molecule has 3 nitrogen and oxygen atoms in total. The molecule has 0 amide bonds. The molecule has 0 radical (unpaired) electrons. The van der Waals surface area contributed by atoms with E-state index < -0.39 is 17.5 Å². The van der Waals surface area contributed by atoms with Gasteiger partial charge in [0.2, 0.25) is 0 Å². The van der Waals surface area contributed by atoms with E-state index in [1.54, 1.807) is 0 Å². The molecule has 0 aliphatic heterocycles. The lowest BCUT2D eigenvalue weighted by Gasteiger charge is -2.14. The lowest BCUT2D eigenvalue weighted by molar-refractivity contribution is -0.173. The predicted molar refractivity (Wildman–Crippen MR) is 53.5 cm³/mol. The molecule has 0 aromatic heterocycles. The molecule has 1 aromatic rings. The monoisotopic (exact) mass is 230 g/mol. The second kappa shape index (κ2) is 4.92. The summed E-state index contributed by atoms with van der Waals surface area (Å²) in [5, 5.41) is 0. The van der Waals surface area contributed by atoms with E-state index in [2.05, 4.69) is 4.74 Å². The second-order valence-corrected chi connectivity index (χ2v) is 3.02. The Hall–Kier alpha value is -1.65. The summed E-state index contributed by atoms with van der Waals surface area (Å²) in [7, 11) is 1.43. The van der Waals surface area contributed by atoms with Crippen LogP contribution in [-0.4, -0.2) is 19.7 Å². The number of benzene rings is 1. The topological polar surface area (TPSA) is 35.5 Å². The van der Waals surface area contributed by atoms with Gasteiger partial charge in [0.1, 0.15) is 5.75 Å². The van der Waals surface area contributed by atoms with Gasteiger partial charge < -0.3 is 9.47 Å². The Labute approximate surface area is 92.0 Å². The molecule has 0 aliphatic carbocycles. The van der Waals surface area contributed by atoms with Gasteiger partial charge in [-0.3, -0.25) is 0 Å². The Morgan fingerprint density at radius 1 is 1.31 bits per heavy atom. The first-order valence-corrected chi connectivity index (χ1v) is 4.72. The number of esters is 1. The molecule has 0 spiro atoms. The minimum absolute atomic E-state index is 0.0788. The van der Waals surface area contributed by atoms with Crippen LogP contribution in [0.5, 0.6) is 5.75 Å². The van der Waals surface area contributed by atoms with Crippen LogP contribution in [0.3, 0.4) is 0 Å². The maximum atomic E-state index is 13.5. The maximum Gasteiger partial charge on any atom is 0.381 e. The number of hydrogen-bond donors (Lipinski definition) is 0. The fraction of sp³-hybridized carbons (Fsp3) is 0.364. The molecule has 0 atom stereocenters. The van der Waals surface area contributed by atoms with Crippen molar-refractivity contribution in [2.45, 2.75) is 12.8 Å². The van der Waals surface area contributed by atoms with Crippen molar-refractivity contribution in [1.82, 2.24) is 0 Å². The largest absolute Gasteiger partial charge is 0.497 e. The minimum Gasteiger partial charge on any atom is -0.497 e. The summed E-state index contributed by atoms with van der Waals surface area (Å²) in [6, 6.07) is 5.00. The van der Waals surface area contributed by atoms with E-state index in [0.29, 0.717) is 5.75 Å². The van der Waals surface area contributed by atoms with Crippen molar-refractivity contribution >= 4 is 5.97 Å². The molecule has 16 heavy (non-hydrogen) atoms. The van der Waals surface area contributed by atoms with Gasteiger partial charge in [0, 0.05) is 5.56 Å². The average Bonchev–Trinajstić information content (AvgIpc) is 2.29. The number of methoxy groups -OCH3 is 1. The fourth-order valence-electron chi connectivity index (χ4n) is 1.14. The molecule has 0 heterocycles. The van der Waals surface area contributed by atoms with Crippen LogP contribution in [0.4, 0.5) is 8.78 Å². The zero-order valence-electron chi connectivity index (χ0n) is 9.00. The standard InChI is InChI=1S/C11H12F2O3/c1-3-16-10(14)11(12,13)8-4-6-9(15-2)7-5-8/h4-7H,3H2,1-2H3. The summed E-state index contributed by atoms with van der Waals surface area (Å²) in [5.74, 6) is -4.72. The van der Waals surface area contributed by atoms with Crippen molar-refractivity contribution in [3.8, 4) is 5.75 Å². The molecule has 0 fully saturated rings. The third-order valence-corrected chi connectivity index (χ3v) is 1.98. The van der Waals surface area contributed by atoms with Gasteiger partial charge in [-0.05, 0) is 31.2 Å². The van der Waals surface area contributed by atoms with E-state index in [1.807, 2.05) is 0 Å². The van der Waals surface area contributed by atoms with Gasteiger partial charge in [-0.15, -0.1) is 0 Å². The quantitative estimate of drug-likeness (QED) is 0.745. The van der Waals surface area contributed by atoms with Crippen molar-refractivity contribution < 1.29 is 23.0 Å². The molecular formula is C11H12F2O3. The van der Waals surface area contributed by atoms with Gasteiger partial charge in [-0.1, -0.05) is 0 Å². The maximum absolute atomic E-state index is 13.5. The lowest BCUT2D eigenvalue weighted by atomic mass is 10.1. The third kappa shape index (κ3) is 2.48. The normalized spacial score (nSPS) is 11.0. The molecule has 88 valence electrons. The second-order valence-electron chi connectivity index (χ2n) is 3.02. The molecule has 5 heteroatoms. The first-order valence-electron chi connectivity index (χ1n) is 4.72. The highest BCUT2D eigenvalue weighted by Crippen LogP contribution is 2.30. The number of carbonyl (C=O) groups is 1. The van der Waals surface area contributed by atoms with Gasteiger partial charge in [0.05, 0.1) is 13.7 Å². The first kappa shape index (κ1) is 12.4. The number of ether oxygens (including phenoxy) is 2. The number of carbonyl (C=O) groups excluding carboxylic acids is 1. The highest BCUT2D eigenvalue weighted by atomic mass is 19.3. The van der Waals surface area contributed by atoms with Crippen LogP contribution in [0, 0.1) is 0 Å². The van der Waals surface area contributed by atoms with E-state index in [-0.39, 0.29) is 6.61 Å².